The minimum Gasteiger partial charge on any atom is -0.381 e. The van der Waals surface area contributed by atoms with Crippen LogP contribution >= 0.6 is 24.0 Å². The van der Waals surface area contributed by atoms with Gasteiger partial charge >= 0.3 is 6.18 Å². The Labute approximate surface area is 191 Å². The molecule has 0 saturated carbocycles. The lowest BCUT2D eigenvalue weighted by Gasteiger charge is -2.45. The Morgan fingerprint density at radius 2 is 1.83 bits per heavy atom. The van der Waals surface area contributed by atoms with E-state index >= 15 is 0 Å². The van der Waals surface area contributed by atoms with Crippen LogP contribution in [0.25, 0.3) is 0 Å². The quantitative estimate of drug-likeness (QED) is 0.257. The zero-order chi connectivity index (χ0) is 20.9. The van der Waals surface area contributed by atoms with Crippen molar-refractivity contribution in [1.29, 1.82) is 0 Å². The van der Waals surface area contributed by atoms with Crippen molar-refractivity contribution in [2.75, 3.05) is 39.9 Å². The number of guanidine groups is 1. The third-order valence-corrected chi connectivity index (χ3v) is 5.83. The van der Waals surface area contributed by atoms with Gasteiger partial charge in [-0.1, -0.05) is 6.07 Å². The van der Waals surface area contributed by atoms with Crippen molar-refractivity contribution in [3.8, 4) is 0 Å². The van der Waals surface area contributed by atoms with E-state index in [1.165, 1.54) is 12.8 Å². The van der Waals surface area contributed by atoms with Crippen molar-refractivity contribution < 1.29 is 22.3 Å². The molecule has 0 atom stereocenters. The van der Waals surface area contributed by atoms with Gasteiger partial charge in [-0.2, -0.15) is 13.2 Å². The molecule has 3 rings (SSSR count). The van der Waals surface area contributed by atoms with Crippen molar-refractivity contribution in [2.45, 2.75) is 43.9 Å². The molecule has 0 aromatic heterocycles. The number of aliphatic imine (C=N–C) groups is 1. The molecule has 0 bridgehead atoms. The van der Waals surface area contributed by atoms with Gasteiger partial charge in [0.15, 0.2) is 5.96 Å². The first-order chi connectivity index (χ1) is 13.8. The van der Waals surface area contributed by atoms with Gasteiger partial charge in [-0.05, 0) is 56.5 Å². The first-order valence-electron chi connectivity index (χ1n) is 9.97. The third-order valence-electron chi connectivity index (χ3n) is 5.83. The smallest absolute Gasteiger partial charge is 0.381 e. The van der Waals surface area contributed by atoms with Gasteiger partial charge in [-0.3, -0.25) is 9.89 Å². The van der Waals surface area contributed by atoms with Crippen molar-refractivity contribution in [2.24, 2.45) is 4.99 Å². The van der Waals surface area contributed by atoms with Gasteiger partial charge in [-0.25, -0.2) is 4.39 Å². The SMILES string of the molecule is CN=C(NCc1ccc(F)cc1C(F)(F)F)NCC1(N2CCCC2)CCOCC1.I. The Kier molecular flexibility index (Phi) is 9.16. The second kappa shape index (κ2) is 10.9. The lowest BCUT2D eigenvalue weighted by molar-refractivity contribution is -0.138. The number of benzene rings is 1. The minimum absolute atomic E-state index is 0. The topological polar surface area (TPSA) is 48.9 Å². The molecule has 1 aromatic carbocycles. The fourth-order valence-corrected chi connectivity index (χ4v) is 4.16. The molecule has 2 heterocycles. The molecule has 10 heteroatoms. The highest BCUT2D eigenvalue weighted by atomic mass is 127. The first-order valence-corrected chi connectivity index (χ1v) is 9.97. The molecule has 0 aliphatic carbocycles. The number of nitrogens with one attached hydrogen (secondary N) is 2. The normalized spacial score (nSPS) is 20.0. The van der Waals surface area contributed by atoms with E-state index in [-0.39, 0.29) is 41.6 Å². The van der Waals surface area contributed by atoms with Gasteiger partial charge in [-0.15, -0.1) is 24.0 Å². The van der Waals surface area contributed by atoms with Crippen LogP contribution in [0.3, 0.4) is 0 Å². The number of halogens is 5. The van der Waals surface area contributed by atoms with E-state index in [4.69, 9.17) is 4.74 Å². The zero-order valence-electron chi connectivity index (χ0n) is 17.0. The van der Waals surface area contributed by atoms with Crippen LogP contribution in [0.1, 0.15) is 36.8 Å². The van der Waals surface area contributed by atoms with Crippen LogP contribution in [0.5, 0.6) is 0 Å². The monoisotopic (exact) mass is 544 g/mol. The van der Waals surface area contributed by atoms with E-state index in [1.807, 2.05) is 0 Å². The molecule has 0 unspecified atom stereocenters. The summed E-state index contributed by atoms with van der Waals surface area (Å²) in [5.41, 5.74) is -1.03. The molecule has 170 valence electrons. The minimum atomic E-state index is -4.61. The predicted molar refractivity (Wildman–Crippen MR) is 119 cm³/mol. The fourth-order valence-electron chi connectivity index (χ4n) is 4.16. The zero-order valence-corrected chi connectivity index (χ0v) is 19.4. The largest absolute Gasteiger partial charge is 0.416 e. The molecule has 2 aliphatic rings. The summed E-state index contributed by atoms with van der Waals surface area (Å²) < 4.78 is 58.4. The predicted octanol–water partition coefficient (Wildman–Crippen LogP) is 3.77. The lowest BCUT2D eigenvalue weighted by atomic mass is 9.88. The molecule has 0 spiro atoms. The van der Waals surface area contributed by atoms with Crippen LogP contribution in [-0.2, 0) is 17.5 Å². The average molecular weight is 544 g/mol. The average Bonchev–Trinajstić information content (AvgIpc) is 3.24. The van der Waals surface area contributed by atoms with Gasteiger partial charge in [0.1, 0.15) is 5.82 Å². The Morgan fingerprint density at radius 3 is 2.43 bits per heavy atom. The van der Waals surface area contributed by atoms with E-state index in [0.717, 1.165) is 38.1 Å². The number of rotatable bonds is 5. The van der Waals surface area contributed by atoms with Crippen molar-refractivity contribution in [1.82, 2.24) is 15.5 Å². The highest BCUT2D eigenvalue weighted by molar-refractivity contribution is 14.0. The van der Waals surface area contributed by atoms with Gasteiger partial charge in [0.25, 0.3) is 0 Å². The van der Waals surface area contributed by atoms with Crippen LogP contribution in [-0.4, -0.2) is 56.3 Å². The summed E-state index contributed by atoms with van der Waals surface area (Å²) in [7, 11) is 1.58. The van der Waals surface area contributed by atoms with Crippen LogP contribution in [0, 0.1) is 5.82 Å². The number of likely N-dealkylation sites (tertiary alicyclic amines) is 1. The van der Waals surface area contributed by atoms with Gasteiger partial charge < -0.3 is 15.4 Å². The third kappa shape index (κ3) is 6.19. The van der Waals surface area contributed by atoms with E-state index < -0.39 is 17.6 Å². The summed E-state index contributed by atoms with van der Waals surface area (Å²) in [6.45, 7) is 4.06. The van der Waals surface area contributed by atoms with Crippen LogP contribution in [0.4, 0.5) is 17.6 Å². The molecule has 0 radical (unpaired) electrons. The number of ether oxygens (including phenoxy) is 1. The van der Waals surface area contributed by atoms with Gasteiger partial charge in [0.2, 0.25) is 0 Å². The Balaban J connectivity index is 0.00000320. The van der Waals surface area contributed by atoms with E-state index in [0.29, 0.717) is 31.8 Å². The summed E-state index contributed by atoms with van der Waals surface area (Å²) in [4.78, 5) is 6.64. The molecule has 1 aromatic rings. The Hall–Kier alpha value is -1.14. The Morgan fingerprint density at radius 1 is 1.17 bits per heavy atom. The molecule has 0 amide bonds. The van der Waals surface area contributed by atoms with Crippen molar-refractivity contribution >= 4 is 29.9 Å². The van der Waals surface area contributed by atoms with Gasteiger partial charge in [0.05, 0.1) is 5.56 Å². The number of hydrogen-bond donors (Lipinski definition) is 2. The highest BCUT2D eigenvalue weighted by Crippen LogP contribution is 2.33. The molecular formula is C20H29F4IN4O. The maximum atomic E-state index is 13.3. The van der Waals surface area contributed by atoms with Crippen LogP contribution in [0.15, 0.2) is 23.2 Å². The van der Waals surface area contributed by atoms with E-state index in [1.54, 1.807) is 7.05 Å². The summed E-state index contributed by atoms with van der Waals surface area (Å²) in [6, 6.07) is 2.72. The maximum absolute atomic E-state index is 13.3. The van der Waals surface area contributed by atoms with Crippen molar-refractivity contribution in [3.05, 3.63) is 35.1 Å². The van der Waals surface area contributed by atoms with E-state index in [9.17, 15) is 17.6 Å². The second-order valence-corrected chi connectivity index (χ2v) is 7.61. The van der Waals surface area contributed by atoms with Crippen LogP contribution in [0.2, 0.25) is 0 Å². The fraction of sp³-hybridized carbons (Fsp3) is 0.650. The Bertz CT molecular complexity index is 717. The molecule has 2 N–H and O–H groups in total. The first kappa shape index (κ1) is 25.1. The molecule has 2 aliphatic heterocycles. The van der Waals surface area contributed by atoms with Gasteiger partial charge in [0, 0.05) is 38.9 Å². The van der Waals surface area contributed by atoms with Crippen LogP contribution < -0.4 is 10.6 Å². The summed E-state index contributed by atoms with van der Waals surface area (Å²) in [5, 5.41) is 6.21. The molecular weight excluding hydrogens is 515 g/mol. The maximum Gasteiger partial charge on any atom is 0.416 e. The molecule has 2 saturated heterocycles. The lowest BCUT2D eigenvalue weighted by Crippen LogP contribution is -2.58. The summed E-state index contributed by atoms with van der Waals surface area (Å²) >= 11 is 0. The number of nitrogens with zero attached hydrogens (tertiary/aromatic N) is 2. The highest BCUT2D eigenvalue weighted by Gasteiger charge is 2.39. The summed E-state index contributed by atoms with van der Waals surface area (Å²) in [6.07, 6.45) is -0.431. The van der Waals surface area contributed by atoms with E-state index in [2.05, 4.69) is 20.5 Å². The number of hydrogen-bond acceptors (Lipinski definition) is 3. The summed E-state index contributed by atoms with van der Waals surface area (Å²) in [5.74, 6) is -0.483. The standard InChI is InChI=1S/C20H28F4N4O.HI/c1-25-18(26-13-15-4-5-16(21)12-17(15)20(22,23)24)27-14-19(6-10-29-11-7-19)28-8-2-3-9-28;/h4-5,12H,2-3,6-11,13-14H2,1H3,(H2,25,26,27);1H. The second-order valence-electron chi connectivity index (χ2n) is 7.61. The molecule has 5 nitrogen and oxygen atoms in total. The molecule has 2 fully saturated rings. The van der Waals surface area contributed by atoms with Crippen molar-refractivity contribution in [3.63, 3.8) is 0 Å². The number of alkyl halides is 3. The molecule has 30 heavy (non-hydrogen) atoms.